The lowest BCUT2D eigenvalue weighted by atomic mass is 9.97. The average Bonchev–Trinajstić information content (AvgIpc) is 3.14. The zero-order valence-electron chi connectivity index (χ0n) is 16.6. The fraction of sp³-hybridized carbons (Fsp3) is 0.409. The van der Waals surface area contributed by atoms with Gasteiger partial charge in [-0.05, 0) is 49.3 Å². The zero-order chi connectivity index (χ0) is 20.1. The summed E-state index contributed by atoms with van der Waals surface area (Å²) in [5.41, 5.74) is 3.62. The van der Waals surface area contributed by atoms with Crippen molar-refractivity contribution in [2.24, 2.45) is 0 Å². The van der Waals surface area contributed by atoms with Gasteiger partial charge in [-0.3, -0.25) is 4.79 Å². The number of amides is 1. The second-order valence-corrected chi connectivity index (χ2v) is 9.09. The number of nitrogens with zero attached hydrogens (tertiary/aromatic N) is 2. The van der Waals surface area contributed by atoms with Crippen LogP contribution in [-0.2, 0) is 35.5 Å². The predicted molar refractivity (Wildman–Crippen MR) is 118 cm³/mol. The molecule has 152 valence electrons. The maximum Gasteiger partial charge on any atom is 0.230 e. The molecule has 0 fully saturated rings. The third-order valence-corrected chi connectivity index (χ3v) is 7.30. The van der Waals surface area contributed by atoms with Crippen molar-refractivity contribution in [3.05, 3.63) is 52.2 Å². The molecule has 1 amide bonds. The number of aromatic nitrogens is 2. The first-order valence-corrected chi connectivity index (χ1v) is 11.9. The molecule has 2 aromatic heterocycles. The minimum Gasteiger partial charge on any atom is -0.377 e. The van der Waals surface area contributed by atoms with Gasteiger partial charge in [0.15, 0.2) is 0 Å². The maximum absolute atomic E-state index is 12.5. The molecule has 0 radical (unpaired) electrons. The SMILES string of the molecule is CCOCc1ccccc1CNC(=O)CSc1ncnc2sc3c(c12)CCCC3. The Morgan fingerprint density at radius 3 is 2.90 bits per heavy atom. The van der Waals surface area contributed by atoms with Crippen molar-refractivity contribution in [1.29, 1.82) is 0 Å². The van der Waals surface area contributed by atoms with Crippen LogP contribution in [0.15, 0.2) is 35.6 Å². The monoisotopic (exact) mass is 427 g/mol. The summed E-state index contributed by atoms with van der Waals surface area (Å²) < 4.78 is 5.52. The van der Waals surface area contributed by atoms with Gasteiger partial charge >= 0.3 is 0 Å². The quantitative estimate of drug-likeness (QED) is 0.423. The van der Waals surface area contributed by atoms with Gasteiger partial charge in [0.1, 0.15) is 16.2 Å². The summed E-state index contributed by atoms with van der Waals surface area (Å²) in [4.78, 5) is 23.9. The predicted octanol–water partition coefficient (Wildman–Crippen LogP) is 4.52. The van der Waals surface area contributed by atoms with Crippen LogP contribution in [0.4, 0.5) is 0 Å². The number of rotatable bonds is 8. The summed E-state index contributed by atoms with van der Waals surface area (Å²) >= 11 is 3.29. The fourth-order valence-electron chi connectivity index (χ4n) is 3.63. The minimum absolute atomic E-state index is 0.0112. The number of fused-ring (bicyclic) bond motifs is 3. The number of carbonyl (C=O) groups is 1. The van der Waals surface area contributed by atoms with Gasteiger partial charge in [0.25, 0.3) is 0 Å². The van der Waals surface area contributed by atoms with Gasteiger partial charge in [0, 0.05) is 23.4 Å². The number of hydrogen-bond acceptors (Lipinski definition) is 6. The Kier molecular flexibility index (Phi) is 6.79. The van der Waals surface area contributed by atoms with Gasteiger partial charge in [-0.15, -0.1) is 11.3 Å². The van der Waals surface area contributed by atoms with Crippen LogP contribution in [0.25, 0.3) is 10.2 Å². The third kappa shape index (κ3) is 4.79. The van der Waals surface area contributed by atoms with Gasteiger partial charge in [0.2, 0.25) is 5.91 Å². The second kappa shape index (κ2) is 9.69. The minimum atomic E-state index is 0.0112. The molecule has 29 heavy (non-hydrogen) atoms. The highest BCUT2D eigenvalue weighted by molar-refractivity contribution is 8.00. The van der Waals surface area contributed by atoms with Crippen molar-refractivity contribution in [3.63, 3.8) is 0 Å². The topological polar surface area (TPSA) is 64.1 Å². The van der Waals surface area contributed by atoms with Crippen LogP contribution in [0, 0.1) is 0 Å². The molecule has 0 atom stereocenters. The number of benzene rings is 1. The normalized spacial score (nSPS) is 13.4. The van der Waals surface area contributed by atoms with Crippen LogP contribution in [0.2, 0.25) is 0 Å². The molecule has 5 nitrogen and oxygen atoms in total. The Hall–Kier alpha value is -1.96. The van der Waals surface area contributed by atoms with Crippen LogP contribution < -0.4 is 5.32 Å². The lowest BCUT2D eigenvalue weighted by Gasteiger charge is -2.12. The van der Waals surface area contributed by atoms with E-state index in [2.05, 4.69) is 15.3 Å². The molecule has 0 spiro atoms. The van der Waals surface area contributed by atoms with Crippen LogP contribution in [-0.4, -0.2) is 28.2 Å². The van der Waals surface area contributed by atoms with Gasteiger partial charge in [-0.25, -0.2) is 9.97 Å². The Balaban J connectivity index is 1.39. The van der Waals surface area contributed by atoms with E-state index in [0.717, 1.165) is 33.8 Å². The third-order valence-electron chi connectivity index (χ3n) is 5.11. The van der Waals surface area contributed by atoms with Crippen molar-refractivity contribution in [2.75, 3.05) is 12.4 Å². The number of hydrogen-bond donors (Lipinski definition) is 1. The molecular formula is C22H25N3O2S2. The van der Waals surface area contributed by atoms with E-state index in [0.29, 0.717) is 25.5 Å². The van der Waals surface area contributed by atoms with E-state index in [-0.39, 0.29) is 5.91 Å². The van der Waals surface area contributed by atoms with Crippen LogP contribution in [0.5, 0.6) is 0 Å². The molecular weight excluding hydrogens is 402 g/mol. The van der Waals surface area contributed by atoms with Crippen LogP contribution in [0.1, 0.15) is 41.3 Å². The largest absolute Gasteiger partial charge is 0.377 e. The number of nitrogens with one attached hydrogen (secondary N) is 1. The molecule has 1 aromatic carbocycles. The van der Waals surface area contributed by atoms with E-state index in [1.165, 1.54) is 40.4 Å². The average molecular weight is 428 g/mol. The molecule has 1 N–H and O–H groups in total. The van der Waals surface area contributed by atoms with E-state index < -0.39 is 0 Å². The molecule has 0 aliphatic heterocycles. The smallest absolute Gasteiger partial charge is 0.230 e. The van der Waals surface area contributed by atoms with Gasteiger partial charge in [-0.1, -0.05) is 36.0 Å². The second-order valence-electron chi connectivity index (χ2n) is 7.04. The van der Waals surface area contributed by atoms with Crippen LogP contribution >= 0.6 is 23.1 Å². The molecule has 0 unspecified atom stereocenters. The molecule has 0 bridgehead atoms. The first-order valence-electron chi connectivity index (χ1n) is 10.1. The molecule has 7 heteroatoms. The molecule has 3 aromatic rings. The summed E-state index contributed by atoms with van der Waals surface area (Å²) in [5, 5.41) is 5.14. The Bertz CT molecular complexity index is 1000. The molecule has 1 aliphatic rings. The van der Waals surface area contributed by atoms with Crippen molar-refractivity contribution in [2.45, 2.75) is 50.8 Å². The van der Waals surface area contributed by atoms with E-state index in [1.54, 1.807) is 17.7 Å². The summed E-state index contributed by atoms with van der Waals surface area (Å²) in [6.07, 6.45) is 6.33. The molecule has 2 heterocycles. The summed E-state index contributed by atoms with van der Waals surface area (Å²) in [6, 6.07) is 8.07. The van der Waals surface area contributed by atoms with Gasteiger partial charge in [-0.2, -0.15) is 0 Å². The van der Waals surface area contributed by atoms with Crippen molar-refractivity contribution >= 4 is 39.2 Å². The van der Waals surface area contributed by atoms with Crippen molar-refractivity contribution in [3.8, 4) is 0 Å². The summed E-state index contributed by atoms with van der Waals surface area (Å²) in [6.45, 7) is 3.74. The van der Waals surface area contributed by atoms with Crippen molar-refractivity contribution in [1.82, 2.24) is 15.3 Å². The molecule has 4 rings (SSSR count). The standard InChI is InChI=1S/C22H25N3O2S2/c1-2-27-12-16-8-4-3-7-15(16)11-23-19(26)13-28-21-20-17-9-5-6-10-18(17)29-22(20)25-14-24-21/h3-4,7-8,14H,2,5-6,9-13H2,1H3,(H,23,26). The molecule has 0 saturated heterocycles. The van der Waals surface area contributed by atoms with Crippen molar-refractivity contribution < 1.29 is 9.53 Å². The fourth-order valence-corrected chi connectivity index (χ4v) is 5.78. The Morgan fingerprint density at radius 2 is 2.03 bits per heavy atom. The maximum atomic E-state index is 12.5. The molecule has 0 saturated carbocycles. The van der Waals surface area contributed by atoms with E-state index >= 15 is 0 Å². The number of ether oxygens (including phenoxy) is 1. The number of thioether (sulfide) groups is 1. The highest BCUT2D eigenvalue weighted by Crippen LogP contribution is 2.39. The lowest BCUT2D eigenvalue weighted by molar-refractivity contribution is -0.118. The summed E-state index contributed by atoms with van der Waals surface area (Å²) in [5.74, 6) is 0.363. The highest BCUT2D eigenvalue weighted by Gasteiger charge is 2.20. The number of thiophene rings is 1. The lowest BCUT2D eigenvalue weighted by Crippen LogP contribution is -2.25. The number of aryl methyl sites for hydroxylation is 2. The first-order chi connectivity index (χ1) is 14.3. The summed E-state index contributed by atoms with van der Waals surface area (Å²) in [7, 11) is 0. The Morgan fingerprint density at radius 1 is 1.21 bits per heavy atom. The van der Waals surface area contributed by atoms with E-state index in [9.17, 15) is 4.79 Å². The zero-order valence-corrected chi connectivity index (χ0v) is 18.2. The van der Waals surface area contributed by atoms with E-state index in [4.69, 9.17) is 4.74 Å². The van der Waals surface area contributed by atoms with Gasteiger partial charge in [0.05, 0.1) is 12.4 Å². The highest BCUT2D eigenvalue weighted by atomic mass is 32.2. The van der Waals surface area contributed by atoms with Gasteiger partial charge < -0.3 is 10.1 Å². The first kappa shape index (κ1) is 20.3. The number of carbonyl (C=O) groups excluding carboxylic acids is 1. The van der Waals surface area contributed by atoms with E-state index in [1.807, 2.05) is 31.2 Å². The Labute approximate surface area is 179 Å². The van der Waals surface area contributed by atoms with Crippen LogP contribution in [0.3, 0.4) is 0 Å². The molecule has 1 aliphatic carbocycles.